The highest BCUT2D eigenvalue weighted by Gasteiger charge is 2.28. The number of methoxy groups -OCH3 is 1. The van der Waals surface area contributed by atoms with Crippen LogP contribution >= 0.6 is 0 Å². The van der Waals surface area contributed by atoms with E-state index in [1.54, 1.807) is 0 Å². The summed E-state index contributed by atoms with van der Waals surface area (Å²) in [6.45, 7) is 0. The zero-order valence-electron chi connectivity index (χ0n) is 6.33. The normalized spacial score (nSPS) is 18.5. The lowest BCUT2D eigenvalue weighted by atomic mass is 10.3. The Morgan fingerprint density at radius 1 is 1.82 bits per heavy atom. The van der Waals surface area contributed by atoms with Gasteiger partial charge in [-0.05, 0) is 12.8 Å². The molecule has 0 spiro atoms. The molecule has 0 amide bonds. The molecule has 0 aromatic rings. The first-order valence-electron chi connectivity index (χ1n) is 3.51. The van der Waals surface area contributed by atoms with E-state index in [0.717, 1.165) is 12.8 Å². The molecule has 0 heterocycles. The lowest BCUT2D eigenvalue weighted by Gasteiger charge is -2.06. The van der Waals surface area contributed by atoms with Gasteiger partial charge in [-0.15, -0.1) is 0 Å². The van der Waals surface area contributed by atoms with Crippen molar-refractivity contribution in [2.45, 2.75) is 24.9 Å². The molecule has 1 aliphatic carbocycles. The minimum absolute atomic E-state index is 0.346. The molecule has 0 bridgehead atoms. The van der Waals surface area contributed by atoms with Gasteiger partial charge in [-0.2, -0.15) is 5.26 Å². The third kappa shape index (κ3) is 2.20. The molecule has 4 heteroatoms. The number of rotatable bonds is 3. The van der Waals surface area contributed by atoms with Crippen LogP contribution in [0.4, 0.5) is 0 Å². The summed E-state index contributed by atoms with van der Waals surface area (Å²) in [6.07, 6.45) is 2.10. The summed E-state index contributed by atoms with van der Waals surface area (Å²) in [5.74, 6) is -0.501. The molecule has 4 nitrogen and oxygen atoms in total. The molecule has 0 aromatic heterocycles. The molecule has 0 aliphatic heterocycles. The number of carbonyl (C=O) groups excluding carboxylic acids is 1. The van der Waals surface area contributed by atoms with E-state index in [1.165, 1.54) is 7.11 Å². The maximum absolute atomic E-state index is 10.8. The van der Waals surface area contributed by atoms with Gasteiger partial charge in [0, 0.05) is 6.04 Å². The first-order chi connectivity index (χ1) is 5.27. The largest absolute Gasteiger partial charge is 0.467 e. The molecule has 1 atom stereocenters. The number of nitriles is 1. The van der Waals surface area contributed by atoms with Gasteiger partial charge in [0.2, 0.25) is 0 Å². The van der Waals surface area contributed by atoms with Crippen LogP contribution in [0, 0.1) is 11.3 Å². The van der Waals surface area contributed by atoms with Gasteiger partial charge in [0.15, 0.2) is 6.04 Å². The van der Waals surface area contributed by atoms with Crippen molar-refractivity contribution >= 4 is 5.97 Å². The van der Waals surface area contributed by atoms with Gasteiger partial charge < -0.3 is 4.74 Å². The van der Waals surface area contributed by atoms with Gasteiger partial charge in [0.05, 0.1) is 13.2 Å². The predicted octanol–water partition coefficient (Wildman–Crippen LogP) is -0.196. The molecule has 60 valence electrons. The van der Waals surface area contributed by atoms with Gasteiger partial charge in [-0.25, -0.2) is 4.79 Å². The number of nitrogens with zero attached hydrogens (tertiary/aromatic N) is 1. The first kappa shape index (κ1) is 8.02. The monoisotopic (exact) mass is 154 g/mol. The van der Waals surface area contributed by atoms with Crippen LogP contribution < -0.4 is 5.32 Å². The highest BCUT2D eigenvalue weighted by Crippen LogP contribution is 2.19. The summed E-state index contributed by atoms with van der Waals surface area (Å²) in [6, 6.07) is 1.40. The van der Waals surface area contributed by atoms with E-state index in [0.29, 0.717) is 6.04 Å². The molecule has 1 N–H and O–H groups in total. The topological polar surface area (TPSA) is 62.1 Å². The maximum Gasteiger partial charge on any atom is 0.337 e. The van der Waals surface area contributed by atoms with Crippen molar-refractivity contribution in [3.63, 3.8) is 0 Å². The van der Waals surface area contributed by atoms with E-state index in [4.69, 9.17) is 5.26 Å². The van der Waals surface area contributed by atoms with Crippen LogP contribution in [0.15, 0.2) is 0 Å². The van der Waals surface area contributed by atoms with Gasteiger partial charge in [0.1, 0.15) is 0 Å². The molecule has 11 heavy (non-hydrogen) atoms. The van der Waals surface area contributed by atoms with Gasteiger partial charge in [0.25, 0.3) is 0 Å². The SMILES string of the molecule is COC(=O)C(C#N)NC1CC1. The van der Waals surface area contributed by atoms with E-state index in [9.17, 15) is 4.79 Å². The maximum atomic E-state index is 10.8. The van der Waals surface area contributed by atoms with Crippen molar-refractivity contribution in [3.8, 4) is 6.07 Å². The average Bonchev–Trinajstić information content (AvgIpc) is 2.82. The minimum Gasteiger partial charge on any atom is -0.467 e. The fraction of sp³-hybridized carbons (Fsp3) is 0.714. The van der Waals surface area contributed by atoms with Crippen molar-refractivity contribution in [2.75, 3.05) is 7.11 Å². The molecule has 1 unspecified atom stereocenters. The van der Waals surface area contributed by atoms with Crippen molar-refractivity contribution in [1.82, 2.24) is 5.32 Å². The van der Waals surface area contributed by atoms with E-state index in [2.05, 4.69) is 10.1 Å². The molecule has 0 radical (unpaired) electrons. The Morgan fingerprint density at radius 2 is 2.45 bits per heavy atom. The third-order valence-corrected chi connectivity index (χ3v) is 1.55. The highest BCUT2D eigenvalue weighted by molar-refractivity contribution is 5.78. The van der Waals surface area contributed by atoms with Gasteiger partial charge in [-0.1, -0.05) is 0 Å². The smallest absolute Gasteiger partial charge is 0.337 e. The van der Waals surface area contributed by atoms with E-state index >= 15 is 0 Å². The second-order valence-corrected chi connectivity index (χ2v) is 2.53. The number of ether oxygens (including phenoxy) is 1. The zero-order chi connectivity index (χ0) is 8.27. The molecule has 1 fully saturated rings. The summed E-state index contributed by atoms with van der Waals surface area (Å²) >= 11 is 0. The zero-order valence-corrected chi connectivity index (χ0v) is 6.33. The van der Waals surface area contributed by atoms with Crippen LogP contribution in [-0.4, -0.2) is 25.2 Å². The summed E-state index contributed by atoms with van der Waals surface area (Å²) in [4.78, 5) is 10.8. The highest BCUT2D eigenvalue weighted by atomic mass is 16.5. The average molecular weight is 154 g/mol. The molecule has 0 aromatic carbocycles. The van der Waals surface area contributed by atoms with E-state index in [-0.39, 0.29) is 0 Å². The first-order valence-corrected chi connectivity index (χ1v) is 3.51. The number of carbonyl (C=O) groups is 1. The fourth-order valence-electron chi connectivity index (χ4n) is 0.762. The molecule has 1 aliphatic rings. The molecular weight excluding hydrogens is 144 g/mol. The molecule has 1 saturated carbocycles. The fourth-order valence-corrected chi connectivity index (χ4v) is 0.762. The van der Waals surface area contributed by atoms with E-state index in [1.807, 2.05) is 6.07 Å². The third-order valence-electron chi connectivity index (χ3n) is 1.55. The van der Waals surface area contributed by atoms with Crippen molar-refractivity contribution in [2.24, 2.45) is 0 Å². The summed E-state index contributed by atoms with van der Waals surface area (Å²) in [5.41, 5.74) is 0. The van der Waals surface area contributed by atoms with Crippen LogP contribution in [0.25, 0.3) is 0 Å². The quantitative estimate of drug-likeness (QED) is 0.572. The standard InChI is InChI=1S/C7H10N2O2/c1-11-7(10)6(4-8)9-5-2-3-5/h5-6,9H,2-3H2,1H3. The van der Waals surface area contributed by atoms with Crippen molar-refractivity contribution < 1.29 is 9.53 Å². The Kier molecular flexibility index (Phi) is 2.44. The number of hydrogen-bond acceptors (Lipinski definition) is 4. The molecule has 0 saturated heterocycles. The lowest BCUT2D eigenvalue weighted by Crippen LogP contribution is -2.37. The molecule has 1 rings (SSSR count). The van der Waals surface area contributed by atoms with Crippen molar-refractivity contribution in [3.05, 3.63) is 0 Å². The summed E-state index contributed by atoms with van der Waals surface area (Å²) < 4.78 is 4.41. The Labute approximate surface area is 65.1 Å². The van der Waals surface area contributed by atoms with E-state index < -0.39 is 12.0 Å². The number of nitrogens with one attached hydrogen (secondary N) is 1. The Morgan fingerprint density at radius 3 is 2.82 bits per heavy atom. The lowest BCUT2D eigenvalue weighted by molar-refractivity contribution is -0.141. The Balaban J connectivity index is 2.35. The van der Waals surface area contributed by atoms with Gasteiger partial charge >= 0.3 is 5.97 Å². The van der Waals surface area contributed by atoms with Crippen LogP contribution in [-0.2, 0) is 9.53 Å². The minimum atomic E-state index is -0.785. The van der Waals surface area contributed by atoms with Crippen LogP contribution in [0.5, 0.6) is 0 Å². The number of esters is 1. The summed E-state index contributed by atoms with van der Waals surface area (Å²) in [5, 5.41) is 11.3. The van der Waals surface area contributed by atoms with Crippen LogP contribution in [0.3, 0.4) is 0 Å². The van der Waals surface area contributed by atoms with Crippen molar-refractivity contribution in [1.29, 1.82) is 5.26 Å². The Hall–Kier alpha value is -1.08. The molecular formula is C7H10N2O2. The second kappa shape index (κ2) is 3.35. The van der Waals surface area contributed by atoms with Gasteiger partial charge in [-0.3, -0.25) is 5.32 Å². The number of hydrogen-bond donors (Lipinski definition) is 1. The Bertz CT molecular complexity index is 193. The van der Waals surface area contributed by atoms with Crippen LogP contribution in [0.1, 0.15) is 12.8 Å². The van der Waals surface area contributed by atoms with Crippen LogP contribution in [0.2, 0.25) is 0 Å². The second-order valence-electron chi connectivity index (χ2n) is 2.53. The summed E-state index contributed by atoms with van der Waals surface area (Å²) in [7, 11) is 1.28. The predicted molar refractivity (Wildman–Crippen MR) is 37.6 cm³/mol.